The number of amidine groups is 1. The van der Waals surface area contributed by atoms with Crippen molar-refractivity contribution >= 4 is 152 Å². The van der Waals surface area contributed by atoms with Crippen molar-refractivity contribution < 1.29 is 48.0 Å². The van der Waals surface area contributed by atoms with Gasteiger partial charge in [-0.15, -0.1) is 0 Å². The van der Waals surface area contributed by atoms with Gasteiger partial charge in [0, 0.05) is 202 Å². The second-order valence-electron chi connectivity index (χ2n) is 30.8. The van der Waals surface area contributed by atoms with Gasteiger partial charge < -0.3 is 49.1 Å². The van der Waals surface area contributed by atoms with Crippen molar-refractivity contribution in [1.82, 2.24) is 34.9 Å². The van der Waals surface area contributed by atoms with Crippen LogP contribution >= 0.6 is 46.4 Å². The normalized spacial score (nSPS) is 11.7. The summed E-state index contributed by atoms with van der Waals surface area (Å²) in [6, 6.07) is 57.4. The van der Waals surface area contributed by atoms with Crippen molar-refractivity contribution in [3.8, 4) is 47.4 Å². The molecule has 0 saturated carbocycles. The maximum atomic E-state index is 12.5. The molecule has 131 heavy (non-hydrogen) atoms. The van der Waals surface area contributed by atoms with E-state index in [-0.39, 0.29) is 73.2 Å². The summed E-state index contributed by atoms with van der Waals surface area (Å²) in [7, 11) is -3.13. The fourth-order valence-electron chi connectivity index (χ4n) is 13.5. The molecular weight excluding hydrogens is 1750 g/mol. The lowest BCUT2D eigenvalue weighted by molar-refractivity contribution is 0.0928. The van der Waals surface area contributed by atoms with Crippen molar-refractivity contribution in [2.45, 2.75) is 121 Å². The predicted octanol–water partition coefficient (Wildman–Crippen LogP) is 17.4. The molecule has 0 aliphatic rings. The van der Waals surface area contributed by atoms with Crippen molar-refractivity contribution in [3.05, 3.63) is 336 Å². The van der Waals surface area contributed by atoms with Crippen LogP contribution in [0.5, 0.6) is 0 Å². The van der Waals surface area contributed by atoms with E-state index in [0.29, 0.717) is 157 Å². The minimum Gasteiger partial charge on any atom is -0.393 e. The number of aliphatic hydroxyl groups excluding tert-OH is 4. The van der Waals surface area contributed by atoms with E-state index in [2.05, 4.69) is 82.3 Å². The Morgan fingerprint density at radius 1 is 0.351 bits per heavy atom. The highest BCUT2D eigenvalue weighted by Crippen LogP contribution is 2.31. The number of Topliss-reactive ketones (excluding diaryl/α,β-unsaturated/α-hetero) is 4. The van der Waals surface area contributed by atoms with E-state index in [1.54, 1.807) is 177 Å². The molecule has 0 aliphatic carbocycles. The second-order valence-corrected chi connectivity index (χ2v) is 34.8. The van der Waals surface area contributed by atoms with Gasteiger partial charge in [-0.3, -0.25) is 29.6 Å². The highest BCUT2D eigenvalue weighted by molar-refractivity contribution is 7.90. The summed E-state index contributed by atoms with van der Waals surface area (Å²) in [5, 5.41) is 56.7. The number of nitrogen functional groups attached to an aromatic ring is 4. The molecule has 8 aromatic carbocycles. The van der Waals surface area contributed by atoms with Crippen LogP contribution < -0.4 is 28.7 Å². The van der Waals surface area contributed by atoms with Gasteiger partial charge in [0.15, 0.2) is 23.1 Å². The number of hydrogen-bond acceptors (Lipinski definition) is 22. The minimum absolute atomic E-state index is 0.00599. The maximum Gasteiger partial charge on any atom is 0.162 e. The van der Waals surface area contributed by atoms with E-state index < -0.39 is 34.3 Å². The fraction of sp³-hybridized carbons (Fsp3) is 0.204. The van der Waals surface area contributed by atoms with Gasteiger partial charge in [0.2, 0.25) is 0 Å². The highest BCUT2D eigenvalue weighted by Gasteiger charge is 2.19. The van der Waals surface area contributed by atoms with Crippen LogP contribution in [0.25, 0.3) is 43.1 Å². The van der Waals surface area contributed by atoms with Crippen LogP contribution in [0.15, 0.2) is 238 Å². The van der Waals surface area contributed by atoms with Gasteiger partial charge in [-0.2, -0.15) is 0 Å². The third-order valence-electron chi connectivity index (χ3n) is 20.9. The van der Waals surface area contributed by atoms with E-state index in [0.717, 1.165) is 71.7 Å². The van der Waals surface area contributed by atoms with Gasteiger partial charge in [0.25, 0.3) is 0 Å². The number of rotatable bonds is 28. The number of ketones is 4. The van der Waals surface area contributed by atoms with Gasteiger partial charge in [0.1, 0.15) is 38.9 Å². The number of carbonyl (C=O) groups is 4. The molecule has 4 atom stereocenters. The lowest BCUT2D eigenvalue weighted by atomic mass is 10.0. The number of aliphatic hydroxyl groups is 4. The smallest absolute Gasteiger partial charge is 0.162 e. The molecule has 6 aromatic heterocycles. The number of fused-ring (bicyclic) bond motifs is 4. The molecule has 0 aliphatic heterocycles. The van der Waals surface area contributed by atoms with Crippen LogP contribution in [-0.4, -0.2) is 129 Å². The van der Waals surface area contributed by atoms with Gasteiger partial charge in [-0.1, -0.05) is 173 Å². The summed E-state index contributed by atoms with van der Waals surface area (Å²) in [5.41, 5.74) is 38.0. The van der Waals surface area contributed by atoms with Gasteiger partial charge in [-0.05, 0) is 173 Å². The van der Waals surface area contributed by atoms with Crippen LogP contribution in [0.3, 0.4) is 0 Å². The van der Waals surface area contributed by atoms with Crippen molar-refractivity contribution in [1.29, 1.82) is 5.41 Å². The number of carbonyl (C=O) groups excluding carboxylic acids is 4. The summed E-state index contributed by atoms with van der Waals surface area (Å²) >= 11 is 24.5. The Hall–Kier alpha value is -13.8. The first-order valence-corrected chi connectivity index (χ1v) is 45.4. The first-order chi connectivity index (χ1) is 62.9. The molecule has 15 N–H and O–H groups in total. The molecule has 0 amide bonds. The molecular formula is C103H93Cl4N13O10S. The number of anilines is 4. The molecule has 0 radical (unpaired) electrons. The van der Waals surface area contributed by atoms with Gasteiger partial charge in [0.05, 0.1) is 58.3 Å². The monoisotopic (exact) mass is 1840 g/mol. The average molecular weight is 1850 g/mol. The Labute approximate surface area is 779 Å². The zero-order valence-corrected chi connectivity index (χ0v) is 75.2. The molecule has 0 spiro atoms. The lowest BCUT2D eigenvalue weighted by Crippen LogP contribution is -2.15. The number of nitrogens with two attached hydrogens (primary N) is 5. The van der Waals surface area contributed by atoms with E-state index in [4.69, 9.17) is 80.5 Å². The van der Waals surface area contributed by atoms with E-state index in [1.165, 1.54) is 0 Å². The zero-order chi connectivity index (χ0) is 93.5. The number of nitrogens with zero attached hydrogens (tertiary/aromatic N) is 7. The average Bonchev–Trinajstić information content (AvgIpc) is 0.812. The molecule has 664 valence electrons. The number of nitrogens with one attached hydrogen (secondary N) is 1. The van der Waals surface area contributed by atoms with E-state index in [9.17, 15) is 48.0 Å². The Morgan fingerprint density at radius 3 is 0.924 bits per heavy atom. The van der Waals surface area contributed by atoms with E-state index in [1.807, 2.05) is 60.7 Å². The lowest BCUT2D eigenvalue weighted by Gasteiger charge is -2.09. The quantitative estimate of drug-likeness (QED) is 0.00942. The number of aromatic nitrogens is 7. The van der Waals surface area contributed by atoms with Crippen molar-refractivity contribution in [3.63, 3.8) is 0 Å². The molecule has 0 bridgehead atoms. The standard InChI is InChI=1S/C28H24ClN3O2.C27H23ClN4O2.C24H23ClN4O2.C24H23ClN2O4S/c29-22-10-9-21-18-32-28(30)25(26(21)17-22)14-6-19-4-7-20(8-5-19)27(34)15-13-24(33)12-11-23-3-1-2-16-31-23;28-21-8-7-20-17-32-27(29)23(24(20)16-21)11-4-18-2-5-19(6-3-18)25(34)12-9-22(33)10-13-26-30-14-1-15-31-26;25-18-7-6-17-14-29-24(28)20(21(17)13-18)10-3-15-1-4-16(5-2-15)22(31)11-8-19(30)9-12-23(26)27;1-32(30,31)13-12-20(28)9-11-23(29)17-5-2-16(3-6-17)4-10-21-22-14-19(25)8-7-18(22)15-27-24(21)26/h1-5,7-10,16-18,24,33H,11-13,15H2,(H2,30,32);1-3,5-8,14-17,22,33H,9-10,12-13H2,(H2,29,32);1-2,4-7,13-14,19,30H,8-9,11-12H2,(H3,26,27)(H2,28,29);2-3,5-8,14-15,20,28H,9,11-13H2,1H3,(H2,26,27). The molecule has 14 aromatic rings. The number of sulfone groups is 1. The van der Waals surface area contributed by atoms with Crippen molar-refractivity contribution in [2.75, 3.05) is 34.9 Å². The highest BCUT2D eigenvalue weighted by atomic mass is 35.5. The van der Waals surface area contributed by atoms with Crippen LogP contribution in [0.1, 0.15) is 181 Å². The predicted molar refractivity (Wildman–Crippen MR) is 521 cm³/mol. The number of benzene rings is 8. The number of pyridine rings is 5. The summed E-state index contributed by atoms with van der Waals surface area (Å²) < 4.78 is 22.3. The summed E-state index contributed by atoms with van der Waals surface area (Å²) in [6.07, 6.45) is 15.8. The maximum absolute atomic E-state index is 12.5. The summed E-state index contributed by atoms with van der Waals surface area (Å²) in [4.78, 5) is 79.1. The van der Waals surface area contributed by atoms with E-state index >= 15 is 0 Å². The minimum atomic E-state index is -3.13. The molecule has 23 nitrogen and oxygen atoms in total. The molecule has 28 heteroatoms. The summed E-state index contributed by atoms with van der Waals surface area (Å²) in [6.45, 7) is 0. The van der Waals surface area contributed by atoms with Crippen LogP contribution in [0, 0.1) is 52.8 Å². The topological polar surface area (TPSA) is 428 Å². The third-order valence-corrected chi connectivity index (χ3v) is 22.8. The molecule has 6 heterocycles. The number of halogens is 4. The van der Waals surface area contributed by atoms with Crippen molar-refractivity contribution in [2.24, 2.45) is 5.73 Å². The molecule has 14 rings (SSSR count). The Morgan fingerprint density at radius 2 is 0.634 bits per heavy atom. The first-order valence-electron chi connectivity index (χ1n) is 41.8. The Kier molecular flexibility index (Phi) is 35.8. The number of hydrogen-bond donors (Lipinski definition) is 10. The Bertz CT molecular complexity index is 6630. The molecule has 0 saturated heterocycles. The van der Waals surface area contributed by atoms with Crippen LogP contribution in [0.4, 0.5) is 23.3 Å². The first kappa shape index (κ1) is 97.8. The van der Waals surface area contributed by atoms with Gasteiger partial charge in [-0.25, -0.2) is 38.3 Å². The summed E-state index contributed by atoms with van der Waals surface area (Å²) in [5.74, 6) is 26.3. The second kappa shape index (κ2) is 48.0. The molecule has 0 fully saturated rings. The SMILES string of the molecule is CS(=O)(=O)CCC(O)CCC(=O)c1ccc(C#Cc2c(N)ncc3ccc(Cl)cc23)cc1.N=C(N)CCC(O)CCC(=O)c1ccc(C#Cc2c(N)ncc3ccc(Cl)cc23)cc1.Nc1ncc2ccc(Cl)cc2c1C#Cc1ccc(C(=O)CCC(O)CCc2ccccn2)cc1.Nc1ncc2ccc(Cl)cc2c1C#Cc1ccc(C(=O)CCC(O)CCc2ncccn2)cc1. The van der Waals surface area contributed by atoms with Crippen LogP contribution in [-0.2, 0) is 22.7 Å². The molecule has 4 unspecified atom stereocenters. The Balaban J connectivity index is 0.000000169. The van der Waals surface area contributed by atoms with Gasteiger partial charge >= 0.3 is 0 Å². The fourth-order valence-corrected chi connectivity index (χ4v) is 14.8. The zero-order valence-electron chi connectivity index (χ0n) is 71.3. The number of aryl methyl sites for hydroxylation is 2. The largest absolute Gasteiger partial charge is 0.393 e. The van der Waals surface area contributed by atoms with Crippen LogP contribution in [0.2, 0.25) is 20.1 Å². The third kappa shape index (κ3) is 30.4.